The molecular formula is C18H17Cl2N3O. The molecule has 1 aromatic heterocycles. The third-order valence-corrected chi connectivity index (χ3v) is 4.60. The van der Waals surface area contributed by atoms with Gasteiger partial charge in [-0.05, 0) is 67.1 Å². The highest BCUT2D eigenvalue weighted by Gasteiger charge is 2.17. The van der Waals surface area contributed by atoms with E-state index >= 15 is 0 Å². The van der Waals surface area contributed by atoms with Crippen molar-refractivity contribution in [2.45, 2.75) is 25.7 Å². The zero-order chi connectivity index (χ0) is 15.8. The van der Waals surface area contributed by atoms with E-state index in [2.05, 4.69) is 15.3 Å². The fraction of sp³-hybridized carbons (Fsp3) is 0.222. The first-order valence-electron chi connectivity index (χ1n) is 7.73. The van der Waals surface area contributed by atoms with Crippen molar-refractivity contribution >= 4 is 46.4 Å². The minimum Gasteiger partial charge on any atom is -0.508 e. The Kier molecular flexibility index (Phi) is 4.78. The number of aromatic nitrogens is 2. The van der Waals surface area contributed by atoms with E-state index in [1.165, 1.54) is 11.9 Å². The van der Waals surface area contributed by atoms with Crippen LogP contribution >= 0.6 is 24.0 Å². The number of nitrogens with zero attached hydrogens (tertiary/aromatic N) is 2. The number of nitrogens with one attached hydrogen (secondary N) is 1. The van der Waals surface area contributed by atoms with Gasteiger partial charge in [-0.15, -0.1) is 12.4 Å². The summed E-state index contributed by atoms with van der Waals surface area (Å²) in [4.78, 5) is 8.65. The van der Waals surface area contributed by atoms with Crippen LogP contribution < -0.4 is 5.32 Å². The predicted molar refractivity (Wildman–Crippen MR) is 99.8 cm³/mol. The van der Waals surface area contributed by atoms with Gasteiger partial charge in [0.25, 0.3) is 0 Å². The molecule has 0 amide bonds. The van der Waals surface area contributed by atoms with Crippen LogP contribution in [0.3, 0.4) is 0 Å². The summed E-state index contributed by atoms with van der Waals surface area (Å²) in [6, 6.07) is 9.27. The van der Waals surface area contributed by atoms with E-state index < -0.39 is 0 Å². The third kappa shape index (κ3) is 2.99. The van der Waals surface area contributed by atoms with Gasteiger partial charge in [-0.3, -0.25) is 0 Å². The molecule has 0 fully saturated rings. The van der Waals surface area contributed by atoms with Crippen molar-refractivity contribution in [1.82, 2.24) is 9.97 Å². The molecule has 1 aliphatic rings. The second-order valence-electron chi connectivity index (χ2n) is 5.81. The molecule has 0 bridgehead atoms. The number of phenols is 1. The average Bonchev–Trinajstić information content (AvgIpc) is 2.57. The molecule has 4 nitrogen and oxygen atoms in total. The largest absolute Gasteiger partial charge is 0.508 e. The highest BCUT2D eigenvalue weighted by Crippen LogP contribution is 2.36. The number of fused-ring (bicyclic) bond motifs is 2. The molecule has 2 N–H and O–H groups in total. The van der Waals surface area contributed by atoms with Crippen LogP contribution in [0.15, 0.2) is 36.7 Å². The number of hydrogen-bond acceptors (Lipinski definition) is 4. The van der Waals surface area contributed by atoms with Crippen LogP contribution in [0.25, 0.3) is 10.9 Å². The second kappa shape index (κ2) is 6.83. The number of rotatable bonds is 2. The van der Waals surface area contributed by atoms with Crippen LogP contribution in [0.5, 0.6) is 5.75 Å². The van der Waals surface area contributed by atoms with E-state index in [-0.39, 0.29) is 12.4 Å². The molecule has 124 valence electrons. The summed E-state index contributed by atoms with van der Waals surface area (Å²) in [5.74, 6) is 1.15. The summed E-state index contributed by atoms with van der Waals surface area (Å²) in [6.07, 6.45) is 5.70. The van der Waals surface area contributed by atoms with Crippen molar-refractivity contribution in [3.63, 3.8) is 0 Å². The number of phenolic OH excluding ortho intramolecular Hbond substituents is 1. The zero-order valence-electron chi connectivity index (χ0n) is 12.9. The molecule has 2 aromatic carbocycles. The molecule has 1 heterocycles. The number of aromatic hydroxyl groups is 1. The monoisotopic (exact) mass is 361 g/mol. The molecule has 0 aliphatic heterocycles. The van der Waals surface area contributed by atoms with Gasteiger partial charge in [-0.25, -0.2) is 9.97 Å². The Morgan fingerprint density at radius 3 is 2.62 bits per heavy atom. The number of anilines is 2. The molecule has 3 aromatic rings. The smallest absolute Gasteiger partial charge is 0.141 e. The molecule has 0 spiro atoms. The van der Waals surface area contributed by atoms with E-state index in [0.717, 1.165) is 53.7 Å². The first kappa shape index (κ1) is 16.8. The van der Waals surface area contributed by atoms with Crippen molar-refractivity contribution < 1.29 is 5.11 Å². The number of benzene rings is 2. The predicted octanol–water partition coefficient (Wildman–Crippen LogP) is 5.03. The Morgan fingerprint density at radius 2 is 1.79 bits per heavy atom. The molecule has 24 heavy (non-hydrogen) atoms. The first-order chi connectivity index (χ1) is 11.2. The van der Waals surface area contributed by atoms with E-state index in [9.17, 15) is 5.11 Å². The maximum atomic E-state index is 10.1. The normalized spacial score (nSPS) is 13.2. The molecule has 0 saturated heterocycles. The molecule has 6 heteroatoms. The molecule has 0 saturated carbocycles. The van der Waals surface area contributed by atoms with Crippen LogP contribution in [0.4, 0.5) is 11.5 Å². The van der Waals surface area contributed by atoms with Crippen molar-refractivity contribution in [3.8, 4) is 5.75 Å². The molecule has 0 radical (unpaired) electrons. The summed E-state index contributed by atoms with van der Waals surface area (Å²) < 4.78 is 0. The topological polar surface area (TPSA) is 58.0 Å². The fourth-order valence-electron chi connectivity index (χ4n) is 3.22. The zero-order valence-corrected chi connectivity index (χ0v) is 14.5. The van der Waals surface area contributed by atoms with E-state index in [4.69, 9.17) is 11.6 Å². The SMILES string of the molecule is Cl.Oc1ccc(Nc2ncnc3cc(Cl)ccc23)c2c1CCCC2. The van der Waals surface area contributed by atoms with Gasteiger partial charge in [0, 0.05) is 16.1 Å². The van der Waals surface area contributed by atoms with Gasteiger partial charge in [-0.1, -0.05) is 11.6 Å². The highest BCUT2D eigenvalue weighted by atomic mass is 35.5. The number of hydrogen-bond donors (Lipinski definition) is 2. The van der Waals surface area contributed by atoms with Crippen molar-refractivity contribution in [2.75, 3.05) is 5.32 Å². The van der Waals surface area contributed by atoms with E-state index in [0.29, 0.717) is 10.8 Å². The summed E-state index contributed by atoms with van der Waals surface area (Å²) in [5.41, 5.74) is 4.06. The van der Waals surface area contributed by atoms with Crippen LogP contribution in [0, 0.1) is 0 Å². The van der Waals surface area contributed by atoms with Crippen molar-refractivity contribution in [2.24, 2.45) is 0 Å². The lowest BCUT2D eigenvalue weighted by atomic mass is 9.89. The third-order valence-electron chi connectivity index (χ3n) is 4.36. The van der Waals surface area contributed by atoms with E-state index in [1.54, 1.807) is 6.07 Å². The van der Waals surface area contributed by atoms with Gasteiger partial charge in [0.15, 0.2) is 0 Å². The lowest BCUT2D eigenvalue weighted by Gasteiger charge is -2.21. The fourth-order valence-corrected chi connectivity index (χ4v) is 3.39. The molecule has 0 unspecified atom stereocenters. The maximum absolute atomic E-state index is 10.1. The Hall–Kier alpha value is -2.04. The van der Waals surface area contributed by atoms with Gasteiger partial charge in [0.2, 0.25) is 0 Å². The molecular weight excluding hydrogens is 345 g/mol. The van der Waals surface area contributed by atoms with Crippen molar-refractivity contribution in [3.05, 3.63) is 52.8 Å². The van der Waals surface area contributed by atoms with Crippen LogP contribution in [-0.2, 0) is 12.8 Å². The Balaban J connectivity index is 0.00000169. The maximum Gasteiger partial charge on any atom is 0.141 e. The summed E-state index contributed by atoms with van der Waals surface area (Å²) in [7, 11) is 0. The molecule has 4 rings (SSSR count). The van der Waals surface area contributed by atoms with Crippen LogP contribution in [0.1, 0.15) is 24.0 Å². The quantitative estimate of drug-likeness (QED) is 0.628. The summed E-state index contributed by atoms with van der Waals surface area (Å²) in [5, 5.41) is 15.1. The second-order valence-corrected chi connectivity index (χ2v) is 6.24. The van der Waals surface area contributed by atoms with Gasteiger partial charge in [0.1, 0.15) is 17.9 Å². The molecule has 0 atom stereocenters. The van der Waals surface area contributed by atoms with E-state index in [1.807, 2.05) is 24.3 Å². The number of halogens is 2. The Morgan fingerprint density at radius 1 is 1.00 bits per heavy atom. The molecule has 1 aliphatic carbocycles. The van der Waals surface area contributed by atoms with Crippen LogP contribution in [0.2, 0.25) is 5.02 Å². The Labute approximate surface area is 151 Å². The van der Waals surface area contributed by atoms with Crippen molar-refractivity contribution in [1.29, 1.82) is 0 Å². The highest BCUT2D eigenvalue weighted by molar-refractivity contribution is 6.31. The lowest BCUT2D eigenvalue weighted by Crippen LogP contribution is -2.07. The van der Waals surface area contributed by atoms with Gasteiger partial charge in [-0.2, -0.15) is 0 Å². The Bertz CT molecular complexity index is 899. The lowest BCUT2D eigenvalue weighted by molar-refractivity contribution is 0.462. The summed E-state index contributed by atoms with van der Waals surface area (Å²) in [6.45, 7) is 0. The summed E-state index contributed by atoms with van der Waals surface area (Å²) >= 11 is 6.03. The van der Waals surface area contributed by atoms with Gasteiger partial charge >= 0.3 is 0 Å². The minimum absolute atomic E-state index is 0. The van der Waals surface area contributed by atoms with Gasteiger partial charge in [0.05, 0.1) is 5.52 Å². The van der Waals surface area contributed by atoms with Gasteiger partial charge < -0.3 is 10.4 Å². The average molecular weight is 362 g/mol. The first-order valence-corrected chi connectivity index (χ1v) is 8.11. The van der Waals surface area contributed by atoms with Crippen LogP contribution in [-0.4, -0.2) is 15.1 Å². The standard InChI is InChI=1S/C18H16ClN3O.ClH/c19-11-5-6-14-16(9-11)20-10-21-18(14)22-15-7-8-17(23)13-4-2-1-3-12(13)15;/h5-10,23H,1-4H2,(H,20,21,22);1H. The minimum atomic E-state index is 0.